The molecule has 6 heteroatoms. The lowest BCUT2D eigenvalue weighted by atomic mass is 10.1. The van der Waals surface area contributed by atoms with Crippen LogP contribution in [-0.4, -0.2) is 32.4 Å². The van der Waals surface area contributed by atoms with Crippen LogP contribution < -0.4 is 5.32 Å². The Hall–Kier alpha value is -1.43. The molecule has 0 aromatic heterocycles. The van der Waals surface area contributed by atoms with Crippen LogP contribution in [0.5, 0.6) is 0 Å². The van der Waals surface area contributed by atoms with Gasteiger partial charge in [0.05, 0.1) is 17.9 Å². The number of rotatable bonds is 4. The van der Waals surface area contributed by atoms with Crippen molar-refractivity contribution in [2.75, 3.05) is 18.1 Å². The number of halogens is 1. The second kappa shape index (κ2) is 5.69. The summed E-state index contributed by atoms with van der Waals surface area (Å²) in [5.41, 5.74) is 0.608. The van der Waals surface area contributed by atoms with Crippen LogP contribution >= 0.6 is 0 Å². The third-order valence-corrected chi connectivity index (χ3v) is 5.01. The predicted molar refractivity (Wildman–Crippen MR) is 69.9 cm³/mol. The van der Waals surface area contributed by atoms with E-state index in [2.05, 4.69) is 5.32 Å². The number of hydrogen-bond donors (Lipinski definition) is 1. The molecule has 1 aromatic carbocycles. The lowest BCUT2D eigenvalue weighted by Crippen LogP contribution is -2.31. The van der Waals surface area contributed by atoms with E-state index < -0.39 is 9.84 Å². The Morgan fingerprint density at radius 1 is 1.42 bits per heavy atom. The molecular weight excluding hydrogens is 269 g/mol. The molecular formula is C13H16FNO3S. The zero-order valence-electron chi connectivity index (χ0n) is 10.4. The molecule has 0 saturated carbocycles. The first kappa shape index (κ1) is 14.0. The molecule has 1 unspecified atom stereocenters. The number of carbonyl (C=O) groups is 1. The van der Waals surface area contributed by atoms with Gasteiger partial charge in [0.2, 0.25) is 5.91 Å². The fourth-order valence-corrected chi connectivity index (χ4v) is 4.05. The monoisotopic (exact) mass is 285 g/mol. The minimum Gasteiger partial charge on any atom is -0.356 e. The Kier molecular flexibility index (Phi) is 4.19. The standard InChI is InChI=1S/C13H16FNO3S/c14-12-3-1-2-10(6-12)7-13(16)15-8-11-4-5-19(17,18)9-11/h1-3,6,11H,4-5,7-9H2,(H,15,16). The quantitative estimate of drug-likeness (QED) is 0.894. The van der Waals surface area contributed by atoms with Crippen molar-refractivity contribution in [3.8, 4) is 0 Å². The van der Waals surface area contributed by atoms with Gasteiger partial charge in [0.1, 0.15) is 5.82 Å². The Morgan fingerprint density at radius 2 is 2.21 bits per heavy atom. The van der Waals surface area contributed by atoms with Gasteiger partial charge in [-0.1, -0.05) is 12.1 Å². The molecule has 1 heterocycles. The molecule has 0 spiro atoms. The molecule has 19 heavy (non-hydrogen) atoms. The van der Waals surface area contributed by atoms with Crippen molar-refractivity contribution >= 4 is 15.7 Å². The largest absolute Gasteiger partial charge is 0.356 e. The zero-order chi connectivity index (χ0) is 13.9. The average Bonchev–Trinajstić information content (AvgIpc) is 2.66. The lowest BCUT2D eigenvalue weighted by Gasteiger charge is -2.09. The van der Waals surface area contributed by atoms with Crippen LogP contribution in [-0.2, 0) is 21.1 Å². The van der Waals surface area contributed by atoms with Crippen molar-refractivity contribution in [2.45, 2.75) is 12.8 Å². The first-order chi connectivity index (χ1) is 8.94. The van der Waals surface area contributed by atoms with Gasteiger partial charge in [0.25, 0.3) is 0 Å². The highest BCUT2D eigenvalue weighted by molar-refractivity contribution is 7.91. The van der Waals surface area contributed by atoms with Crippen molar-refractivity contribution < 1.29 is 17.6 Å². The van der Waals surface area contributed by atoms with E-state index in [-0.39, 0.29) is 35.6 Å². The Morgan fingerprint density at radius 3 is 2.84 bits per heavy atom. The fourth-order valence-electron chi connectivity index (χ4n) is 2.19. The summed E-state index contributed by atoms with van der Waals surface area (Å²) >= 11 is 0. The number of sulfone groups is 1. The number of nitrogens with one attached hydrogen (secondary N) is 1. The Bertz CT molecular complexity index is 571. The van der Waals surface area contributed by atoms with Gasteiger partial charge in [-0.25, -0.2) is 12.8 Å². The summed E-state index contributed by atoms with van der Waals surface area (Å²) in [5.74, 6) is -0.228. The third-order valence-electron chi connectivity index (χ3n) is 3.17. The number of hydrogen-bond acceptors (Lipinski definition) is 3. The van der Waals surface area contributed by atoms with Crippen molar-refractivity contribution in [2.24, 2.45) is 5.92 Å². The third kappa shape index (κ3) is 4.31. The van der Waals surface area contributed by atoms with Crippen molar-refractivity contribution in [3.05, 3.63) is 35.6 Å². The second-order valence-electron chi connectivity index (χ2n) is 4.88. The van der Waals surface area contributed by atoms with E-state index in [0.717, 1.165) is 0 Å². The molecule has 104 valence electrons. The number of carbonyl (C=O) groups excluding carboxylic acids is 1. The normalized spacial score (nSPS) is 21.2. The lowest BCUT2D eigenvalue weighted by molar-refractivity contribution is -0.120. The molecule has 1 saturated heterocycles. The molecule has 4 nitrogen and oxygen atoms in total. The maximum Gasteiger partial charge on any atom is 0.224 e. The van der Waals surface area contributed by atoms with E-state index in [4.69, 9.17) is 0 Å². The van der Waals surface area contributed by atoms with Gasteiger partial charge >= 0.3 is 0 Å². The summed E-state index contributed by atoms with van der Waals surface area (Å²) in [7, 11) is -2.91. The van der Waals surface area contributed by atoms with Gasteiger partial charge < -0.3 is 5.32 Å². The van der Waals surface area contributed by atoms with Crippen molar-refractivity contribution in [3.63, 3.8) is 0 Å². The summed E-state index contributed by atoms with van der Waals surface area (Å²) in [4.78, 5) is 11.7. The number of amides is 1. The van der Waals surface area contributed by atoms with E-state index in [1.54, 1.807) is 12.1 Å². The van der Waals surface area contributed by atoms with E-state index in [1.807, 2.05) is 0 Å². The Balaban J connectivity index is 1.79. The highest BCUT2D eigenvalue weighted by Crippen LogP contribution is 2.17. The first-order valence-electron chi connectivity index (χ1n) is 6.16. The maximum absolute atomic E-state index is 12.9. The summed E-state index contributed by atoms with van der Waals surface area (Å²) in [6, 6.07) is 5.88. The summed E-state index contributed by atoms with van der Waals surface area (Å²) in [6.07, 6.45) is 0.708. The molecule has 1 atom stereocenters. The molecule has 1 fully saturated rings. The molecule has 0 bridgehead atoms. The molecule has 1 amide bonds. The van der Waals surface area contributed by atoms with Crippen molar-refractivity contribution in [1.29, 1.82) is 0 Å². The topological polar surface area (TPSA) is 63.2 Å². The van der Waals surface area contributed by atoms with E-state index in [0.29, 0.717) is 18.5 Å². The van der Waals surface area contributed by atoms with E-state index in [1.165, 1.54) is 12.1 Å². The highest BCUT2D eigenvalue weighted by atomic mass is 32.2. The summed E-state index contributed by atoms with van der Waals surface area (Å²) in [6.45, 7) is 0.368. The minimum absolute atomic E-state index is 0.00135. The molecule has 1 N–H and O–H groups in total. The summed E-state index contributed by atoms with van der Waals surface area (Å²) < 4.78 is 35.5. The van der Waals surface area contributed by atoms with Gasteiger partial charge in [0, 0.05) is 6.54 Å². The molecule has 0 radical (unpaired) electrons. The SMILES string of the molecule is O=C(Cc1cccc(F)c1)NCC1CCS(=O)(=O)C1. The predicted octanol–water partition coefficient (Wildman–Crippen LogP) is 0.919. The first-order valence-corrected chi connectivity index (χ1v) is 7.98. The van der Waals surface area contributed by atoms with Crippen LogP contribution in [0.2, 0.25) is 0 Å². The van der Waals surface area contributed by atoms with Gasteiger partial charge in [-0.15, -0.1) is 0 Å². The fraction of sp³-hybridized carbons (Fsp3) is 0.462. The van der Waals surface area contributed by atoms with Crippen LogP contribution in [0.25, 0.3) is 0 Å². The minimum atomic E-state index is -2.91. The van der Waals surface area contributed by atoms with Gasteiger partial charge in [-0.3, -0.25) is 4.79 Å². The second-order valence-corrected chi connectivity index (χ2v) is 7.11. The van der Waals surface area contributed by atoms with Crippen LogP contribution in [0, 0.1) is 11.7 Å². The molecule has 1 aliphatic heterocycles. The number of benzene rings is 1. The van der Waals surface area contributed by atoms with Gasteiger partial charge in [0.15, 0.2) is 9.84 Å². The van der Waals surface area contributed by atoms with Crippen molar-refractivity contribution in [1.82, 2.24) is 5.32 Å². The van der Waals surface area contributed by atoms with E-state index in [9.17, 15) is 17.6 Å². The van der Waals surface area contributed by atoms with Crippen LogP contribution in [0.3, 0.4) is 0 Å². The smallest absolute Gasteiger partial charge is 0.224 e. The molecule has 0 aliphatic carbocycles. The molecule has 2 rings (SSSR count). The average molecular weight is 285 g/mol. The van der Waals surface area contributed by atoms with Crippen LogP contribution in [0.4, 0.5) is 4.39 Å². The van der Waals surface area contributed by atoms with Crippen LogP contribution in [0.1, 0.15) is 12.0 Å². The molecule has 1 aliphatic rings. The van der Waals surface area contributed by atoms with Gasteiger partial charge in [-0.2, -0.15) is 0 Å². The zero-order valence-corrected chi connectivity index (χ0v) is 11.2. The highest BCUT2D eigenvalue weighted by Gasteiger charge is 2.27. The Labute approximate surface area is 111 Å². The van der Waals surface area contributed by atoms with E-state index >= 15 is 0 Å². The van der Waals surface area contributed by atoms with Gasteiger partial charge in [-0.05, 0) is 30.0 Å². The maximum atomic E-state index is 12.9. The van der Waals surface area contributed by atoms with Crippen LogP contribution in [0.15, 0.2) is 24.3 Å². The molecule has 1 aromatic rings. The summed E-state index contributed by atoms with van der Waals surface area (Å²) in [5, 5.41) is 2.70.